The second-order valence-corrected chi connectivity index (χ2v) is 2.73. The Morgan fingerprint density at radius 1 is 1.21 bits per heavy atom. The average molecular weight is 195 g/mol. The monoisotopic (exact) mass is 195 g/mol. The van der Waals surface area contributed by atoms with E-state index in [-0.39, 0.29) is 0 Å². The van der Waals surface area contributed by atoms with E-state index in [1.165, 1.54) is 7.11 Å². The zero-order valence-electron chi connectivity index (χ0n) is 9.13. The predicted molar refractivity (Wildman–Crippen MR) is 57.9 cm³/mol. The molecule has 1 amide bonds. The highest BCUT2D eigenvalue weighted by atomic mass is 16.5. The minimum atomic E-state index is -0.458. The number of rotatable bonds is 3. The van der Waals surface area contributed by atoms with Crippen LogP contribution in [0.4, 0.5) is 4.79 Å². The van der Waals surface area contributed by atoms with Crippen molar-refractivity contribution in [1.82, 2.24) is 5.32 Å². The molecule has 0 aromatic rings. The fourth-order valence-corrected chi connectivity index (χ4v) is 0.696. The highest BCUT2D eigenvalue weighted by Crippen LogP contribution is 1.99. The quantitative estimate of drug-likeness (QED) is 0.703. The van der Waals surface area contributed by atoms with Crippen LogP contribution in [0.5, 0.6) is 0 Å². The number of carbonyl (C=O) groups excluding carboxylic acids is 1. The van der Waals surface area contributed by atoms with Gasteiger partial charge in [0.1, 0.15) is 0 Å². The van der Waals surface area contributed by atoms with Gasteiger partial charge in [-0.05, 0) is 26.8 Å². The van der Waals surface area contributed by atoms with Crippen LogP contribution in [-0.2, 0) is 4.74 Å². The first-order valence-electron chi connectivity index (χ1n) is 4.46. The molecule has 0 saturated heterocycles. The summed E-state index contributed by atoms with van der Waals surface area (Å²) in [5.41, 5.74) is 1.86. The van der Waals surface area contributed by atoms with Gasteiger partial charge in [-0.3, -0.25) is 5.32 Å². The Balaban J connectivity index is 4.32. The van der Waals surface area contributed by atoms with Gasteiger partial charge in [0, 0.05) is 5.70 Å². The molecule has 0 radical (unpaired) electrons. The second-order valence-electron chi connectivity index (χ2n) is 2.73. The van der Waals surface area contributed by atoms with Gasteiger partial charge in [0.15, 0.2) is 0 Å². The van der Waals surface area contributed by atoms with Crippen LogP contribution in [0.3, 0.4) is 0 Å². The average Bonchev–Trinajstić information content (AvgIpc) is 2.22. The first-order chi connectivity index (χ1) is 6.63. The van der Waals surface area contributed by atoms with Gasteiger partial charge in [-0.1, -0.05) is 23.8 Å². The van der Waals surface area contributed by atoms with Gasteiger partial charge < -0.3 is 4.74 Å². The van der Waals surface area contributed by atoms with Crippen LogP contribution in [0.25, 0.3) is 0 Å². The van der Waals surface area contributed by atoms with E-state index in [1.54, 1.807) is 6.08 Å². The molecule has 0 spiro atoms. The van der Waals surface area contributed by atoms with E-state index in [0.717, 1.165) is 11.3 Å². The Morgan fingerprint density at radius 2 is 1.86 bits per heavy atom. The van der Waals surface area contributed by atoms with Crippen molar-refractivity contribution in [2.75, 3.05) is 7.11 Å². The molecule has 0 aromatic carbocycles. The predicted octanol–water partition coefficient (Wildman–Crippen LogP) is 2.77. The molecule has 0 unspecified atom stereocenters. The number of methoxy groups -OCH3 is 1. The third-order valence-electron chi connectivity index (χ3n) is 1.72. The van der Waals surface area contributed by atoms with E-state index in [0.29, 0.717) is 0 Å². The van der Waals surface area contributed by atoms with Crippen molar-refractivity contribution in [3.8, 4) is 0 Å². The van der Waals surface area contributed by atoms with Gasteiger partial charge in [0.25, 0.3) is 0 Å². The number of allylic oxidation sites excluding steroid dienone is 5. The lowest BCUT2D eigenvalue weighted by Crippen LogP contribution is -2.21. The Kier molecular flexibility index (Phi) is 6.20. The summed E-state index contributed by atoms with van der Waals surface area (Å²) in [6.45, 7) is 5.80. The Morgan fingerprint density at radius 3 is 2.29 bits per heavy atom. The number of ether oxygens (including phenoxy) is 1. The maximum absolute atomic E-state index is 10.9. The Bertz CT molecular complexity index is 275. The highest BCUT2D eigenvalue weighted by molar-refractivity contribution is 5.70. The first-order valence-corrected chi connectivity index (χ1v) is 4.46. The van der Waals surface area contributed by atoms with Crippen LogP contribution < -0.4 is 5.32 Å². The van der Waals surface area contributed by atoms with E-state index in [2.05, 4.69) is 10.1 Å². The van der Waals surface area contributed by atoms with Crippen LogP contribution in [0.15, 0.2) is 35.6 Å². The van der Waals surface area contributed by atoms with Crippen LogP contribution in [0, 0.1) is 0 Å². The highest BCUT2D eigenvalue weighted by Gasteiger charge is 1.98. The van der Waals surface area contributed by atoms with Crippen molar-refractivity contribution in [3.63, 3.8) is 0 Å². The van der Waals surface area contributed by atoms with E-state index in [4.69, 9.17) is 0 Å². The zero-order chi connectivity index (χ0) is 11.0. The zero-order valence-corrected chi connectivity index (χ0v) is 9.13. The maximum Gasteiger partial charge on any atom is 0.411 e. The molecule has 1 N–H and O–H groups in total. The number of alkyl carbamates (subject to hydrolysis) is 1. The summed E-state index contributed by atoms with van der Waals surface area (Å²) in [4.78, 5) is 10.9. The molecule has 0 aliphatic carbocycles. The van der Waals surface area contributed by atoms with Crippen molar-refractivity contribution in [3.05, 3.63) is 35.6 Å². The van der Waals surface area contributed by atoms with Gasteiger partial charge in [-0.2, -0.15) is 0 Å². The molecule has 78 valence electrons. The van der Waals surface area contributed by atoms with Gasteiger partial charge in [-0.15, -0.1) is 0 Å². The van der Waals surface area contributed by atoms with Crippen LogP contribution in [0.1, 0.15) is 20.8 Å². The molecule has 3 heteroatoms. The molecule has 0 atom stereocenters. The van der Waals surface area contributed by atoms with Crippen molar-refractivity contribution in [2.24, 2.45) is 0 Å². The summed E-state index contributed by atoms with van der Waals surface area (Å²) in [6, 6.07) is 0. The van der Waals surface area contributed by atoms with Crippen LogP contribution in [0.2, 0.25) is 0 Å². The second kappa shape index (κ2) is 6.95. The number of hydrogen-bond acceptors (Lipinski definition) is 2. The minimum Gasteiger partial charge on any atom is -0.453 e. The summed E-state index contributed by atoms with van der Waals surface area (Å²) >= 11 is 0. The smallest absolute Gasteiger partial charge is 0.411 e. The normalized spacial score (nSPS) is 13.1. The van der Waals surface area contributed by atoms with Crippen molar-refractivity contribution in [1.29, 1.82) is 0 Å². The largest absolute Gasteiger partial charge is 0.453 e. The maximum atomic E-state index is 10.9. The lowest BCUT2D eigenvalue weighted by molar-refractivity contribution is 0.174. The van der Waals surface area contributed by atoms with Gasteiger partial charge in [0.05, 0.1) is 7.11 Å². The summed E-state index contributed by atoms with van der Waals surface area (Å²) in [5, 5.41) is 2.58. The molecule has 0 aliphatic heterocycles. The molecule has 0 heterocycles. The van der Waals surface area contributed by atoms with E-state index in [9.17, 15) is 4.79 Å². The Hall–Kier alpha value is -1.51. The molecule has 0 aromatic heterocycles. The number of nitrogens with one attached hydrogen (secondary N) is 1. The van der Waals surface area contributed by atoms with Crippen molar-refractivity contribution in [2.45, 2.75) is 20.8 Å². The molecule has 0 saturated carbocycles. The van der Waals surface area contributed by atoms with E-state index >= 15 is 0 Å². The third kappa shape index (κ3) is 5.19. The summed E-state index contributed by atoms with van der Waals surface area (Å²) in [5.74, 6) is 0. The van der Waals surface area contributed by atoms with Crippen LogP contribution >= 0.6 is 0 Å². The first kappa shape index (κ1) is 12.5. The summed E-state index contributed by atoms with van der Waals surface area (Å²) in [7, 11) is 1.34. The van der Waals surface area contributed by atoms with Gasteiger partial charge in [-0.25, -0.2) is 4.79 Å². The standard InChI is InChI=1S/C11H17NO2/c1-5-9(3)7-8-10(6-2)12-11(13)14-4/h5-8H,1-4H3,(H,12,13)/b8-7-,9-5+,10-6+. The number of hydrogen-bond donors (Lipinski definition) is 1. The molecular formula is C11H17NO2. The van der Waals surface area contributed by atoms with Gasteiger partial charge >= 0.3 is 6.09 Å². The van der Waals surface area contributed by atoms with Crippen LogP contribution in [-0.4, -0.2) is 13.2 Å². The number of carbonyl (C=O) groups is 1. The van der Waals surface area contributed by atoms with Gasteiger partial charge in [0.2, 0.25) is 0 Å². The molecule has 0 aliphatic rings. The molecule has 14 heavy (non-hydrogen) atoms. The fraction of sp³-hybridized carbons (Fsp3) is 0.364. The van der Waals surface area contributed by atoms with Crippen molar-refractivity contribution >= 4 is 6.09 Å². The molecular weight excluding hydrogens is 178 g/mol. The SMILES string of the molecule is C/C=C(C)/C=C\C(=C/C)NC(=O)OC. The lowest BCUT2D eigenvalue weighted by Gasteiger charge is -2.03. The van der Waals surface area contributed by atoms with E-state index < -0.39 is 6.09 Å². The Labute approximate surface area is 85.1 Å². The van der Waals surface area contributed by atoms with E-state index in [1.807, 2.05) is 39.0 Å². The summed E-state index contributed by atoms with van der Waals surface area (Å²) in [6.07, 6.45) is 7.08. The lowest BCUT2D eigenvalue weighted by atomic mass is 10.2. The molecule has 3 nitrogen and oxygen atoms in total. The topological polar surface area (TPSA) is 38.3 Å². The number of amides is 1. The third-order valence-corrected chi connectivity index (χ3v) is 1.72. The molecule has 0 fully saturated rings. The summed E-state index contributed by atoms with van der Waals surface area (Å²) < 4.78 is 4.48. The minimum absolute atomic E-state index is 0.458. The molecule has 0 bridgehead atoms. The fourth-order valence-electron chi connectivity index (χ4n) is 0.696. The molecule has 0 rings (SSSR count). The van der Waals surface area contributed by atoms with Crippen molar-refractivity contribution < 1.29 is 9.53 Å².